The van der Waals surface area contributed by atoms with Crippen molar-refractivity contribution < 1.29 is 18.0 Å². The second-order valence-electron chi connectivity index (χ2n) is 3.19. The number of carbonyl (C=O) groups is 1. The Morgan fingerprint density at radius 1 is 1.31 bits per heavy atom. The Bertz CT molecular complexity index is 405. The largest absolute Gasteiger partial charge is 0.402 e. The van der Waals surface area contributed by atoms with Gasteiger partial charge in [0, 0.05) is 0 Å². The second kappa shape index (κ2) is 4.79. The lowest BCUT2D eigenvalue weighted by Gasteiger charge is -2.18. The standard InChI is InChI=1S/C11H8F3NO/c12-11(13,14)10(9(16)6-7-15)8-4-2-1-3-5-8/h1-5,10H,6H2. The lowest BCUT2D eigenvalue weighted by atomic mass is 9.93. The van der Waals surface area contributed by atoms with Gasteiger partial charge in [0.05, 0.1) is 12.5 Å². The summed E-state index contributed by atoms with van der Waals surface area (Å²) in [6.07, 6.45) is -5.39. The van der Waals surface area contributed by atoms with Gasteiger partial charge in [-0.3, -0.25) is 4.79 Å². The van der Waals surface area contributed by atoms with E-state index in [4.69, 9.17) is 5.26 Å². The molecule has 0 heterocycles. The van der Waals surface area contributed by atoms with E-state index in [-0.39, 0.29) is 5.56 Å². The molecule has 16 heavy (non-hydrogen) atoms. The first-order valence-electron chi connectivity index (χ1n) is 4.48. The number of ketones is 1. The van der Waals surface area contributed by atoms with E-state index in [1.165, 1.54) is 30.3 Å². The highest BCUT2D eigenvalue weighted by Gasteiger charge is 2.45. The van der Waals surface area contributed by atoms with E-state index in [1.807, 2.05) is 0 Å². The number of benzene rings is 1. The predicted octanol–water partition coefficient (Wildman–Crippen LogP) is 2.82. The molecule has 5 heteroatoms. The van der Waals surface area contributed by atoms with Gasteiger partial charge in [-0.1, -0.05) is 30.3 Å². The molecule has 0 N–H and O–H groups in total. The van der Waals surface area contributed by atoms with Crippen LogP contribution >= 0.6 is 0 Å². The topological polar surface area (TPSA) is 40.9 Å². The molecule has 0 saturated heterocycles. The third-order valence-corrected chi connectivity index (χ3v) is 2.04. The van der Waals surface area contributed by atoms with Gasteiger partial charge < -0.3 is 0 Å². The van der Waals surface area contributed by atoms with Crippen LogP contribution in [0.1, 0.15) is 17.9 Å². The summed E-state index contributed by atoms with van der Waals surface area (Å²) in [5.41, 5.74) is -0.129. The van der Waals surface area contributed by atoms with Crippen molar-refractivity contribution in [3.05, 3.63) is 35.9 Å². The molecule has 1 unspecified atom stereocenters. The number of hydrogen-bond donors (Lipinski definition) is 0. The highest BCUT2D eigenvalue weighted by molar-refractivity contribution is 5.88. The number of nitriles is 1. The summed E-state index contributed by atoms with van der Waals surface area (Å²) in [7, 11) is 0. The molecule has 1 atom stereocenters. The quantitative estimate of drug-likeness (QED) is 0.796. The van der Waals surface area contributed by atoms with Crippen molar-refractivity contribution in [2.45, 2.75) is 18.5 Å². The van der Waals surface area contributed by atoms with Gasteiger partial charge in [0.1, 0.15) is 5.92 Å². The van der Waals surface area contributed by atoms with E-state index in [2.05, 4.69) is 0 Å². The Balaban J connectivity index is 3.08. The van der Waals surface area contributed by atoms with E-state index >= 15 is 0 Å². The minimum Gasteiger partial charge on any atom is -0.297 e. The molecule has 0 bridgehead atoms. The van der Waals surface area contributed by atoms with Crippen molar-refractivity contribution in [1.29, 1.82) is 5.26 Å². The molecule has 84 valence electrons. The van der Waals surface area contributed by atoms with Gasteiger partial charge in [-0.05, 0) is 5.56 Å². The summed E-state index contributed by atoms with van der Waals surface area (Å²) in [6.45, 7) is 0. The fourth-order valence-corrected chi connectivity index (χ4v) is 1.38. The van der Waals surface area contributed by atoms with Gasteiger partial charge in [-0.2, -0.15) is 18.4 Å². The lowest BCUT2D eigenvalue weighted by Crippen LogP contribution is -2.28. The second-order valence-corrected chi connectivity index (χ2v) is 3.19. The van der Waals surface area contributed by atoms with Gasteiger partial charge in [-0.15, -0.1) is 0 Å². The molecule has 0 aliphatic heterocycles. The van der Waals surface area contributed by atoms with E-state index in [0.29, 0.717) is 0 Å². The van der Waals surface area contributed by atoms with Gasteiger partial charge in [0.15, 0.2) is 5.78 Å². The summed E-state index contributed by atoms with van der Waals surface area (Å²) in [6, 6.07) is 8.31. The predicted molar refractivity (Wildman–Crippen MR) is 50.5 cm³/mol. The van der Waals surface area contributed by atoms with Crippen molar-refractivity contribution in [1.82, 2.24) is 0 Å². The molecular weight excluding hydrogens is 219 g/mol. The highest BCUT2D eigenvalue weighted by atomic mass is 19.4. The van der Waals surface area contributed by atoms with Crippen LogP contribution < -0.4 is 0 Å². The molecule has 2 nitrogen and oxygen atoms in total. The third kappa shape index (κ3) is 2.83. The van der Waals surface area contributed by atoms with Crippen molar-refractivity contribution >= 4 is 5.78 Å². The van der Waals surface area contributed by atoms with E-state index in [0.717, 1.165) is 0 Å². The summed E-state index contributed by atoms with van der Waals surface area (Å²) >= 11 is 0. The van der Waals surface area contributed by atoms with Crippen LogP contribution in [-0.4, -0.2) is 12.0 Å². The first-order chi connectivity index (χ1) is 7.46. The zero-order chi connectivity index (χ0) is 12.2. The van der Waals surface area contributed by atoms with Crippen LogP contribution in [0, 0.1) is 11.3 Å². The van der Waals surface area contributed by atoms with Crippen LogP contribution in [0.3, 0.4) is 0 Å². The number of rotatable bonds is 3. The molecule has 0 saturated carbocycles. The number of Topliss-reactive ketones (excluding diaryl/α,β-unsaturated/α-hetero) is 1. The van der Waals surface area contributed by atoms with Gasteiger partial charge in [-0.25, -0.2) is 0 Å². The molecule has 0 aliphatic rings. The third-order valence-electron chi connectivity index (χ3n) is 2.04. The van der Waals surface area contributed by atoms with Crippen LogP contribution in [0.4, 0.5) is 13.2 Å². The van der Waals surface area contributed by atoms with Crippen LogP contribution in [0.5, 0.6) is 0 Å². The smallest absolute Gasteiger partial charge is 0.297 e. The van der Waals surface area contributed by atoms with Gasteiger partial charge in [0.25, 0.3) is 0 Å². The maximum atomic E-state index is 12.6. The Morgan fingerprint density at radius 2 is 1.88 bits per heavy atom. The molecule has 0 aliphatic carbocycles. The van der Waals surface area contributed by atoms with Crippen molar-refractivity contribution in [3.8, 4) is 6.07 Å². The first kappa shape index (κ1) is 12.2. The average molecular weight is 227 g/mol. The van der Waals surface area contributed by atoms with E-state index < -0.39 is 24.3 Å². The molecular formula is C11H8F3NO. The summed E-state index contributed by atoms with van der Waals surface area (Å²) in [4.78, 5) is 11.2. The zero-order valence-electron chi connectivity index (χ0n) is 8.16. The fourth-order valence-electron chi connectivity index (χ4n) is 1.38. The lowest BCUT2D eigenvalue weighted by molar-refractivity contribution is -0.162. The van der Waals surface area contributed by atoms with E-state index in [1.54, 1.807) is 6.07 Å². The molecule has 0 aromatic heterocycles. The Hall–Kier alpha value is -1.83. The van der Waals surface area contributed by atoms with Crippen LogP contribution in [0.15, 0.2) is 30.3 Å². The molecule has 0 amide bonds. The van der Waals surface area contributed by atoms with Crippen molar-refractivity contribution in [2.75, 3.05) is 0 Å². The monoisotopic (exact) mass is 227 g/mol. The number of nitrogens with zero attached hydrogens (tertiary/aromatic N) is 1. The normalized spacial score (nSPS) is 12.9. The van der Waals surface area contributed by atoms with Crippen LogP contribution in [0.2, 0.25) is 0 Å². The fraction of sp³-hybridized carbons (Fsp3) is 0.273. The molecule has 1 aromatic carbocycles. The summed E-state index contributed by atoms with van der Waals surface area (Å²) in [5, 5.41) is 8.26. The first-order valence-corrected chi connectivity index (χ1v) is 4.48. The van der Waals surface area contributed by atoms with Crippen LogP contribution in [-0.2, 0) is 4.79 Å². The molecule has 0 radical (unpaired) electrons. The number of alkyl halides is 3. The number of hydrogen-bond acceptors (Lipinski definition) is 2. The summed E-state index contributed by atoms with van der Waals surface area (Å²) in [5.74, 6) is -3.32. The van der Waals surface area contributed by atoms with E-state index in [9.17, 15) is 18.0 Å². The minimum atomic E-state index is -4.66. The number of carbonyl (C=O) groups excluding carboxylic acids is 1. The highest BCUT2D eigenvalue weighted by Crippen LogP contribution is 2.36. The molecule has 0 spiro atoms. The van der Waals surface area contributed by atoms with Crippen molar-refractivity contribution in [2.24, 2.45) is 0 Å². The zero-order valence-corrected chi connectivity index (χ0v) is 8.16. The molecule has 0 fully saturated rings. The van der Waals surface area contributed by atoms with Gasteiger partial charge in [0.2, 0.25) is 0 Å². The summed E-state index contributed by atoms with van der Waals surface area (Å²) < 4.78 is 37.9. The van der Waals surface area contributed by atoms with Crippen molar-refractivity contribution in [3.63, 3.8) is 0 Å². The Kier molecular flexibility index (Phi) is 3.67. The SMILES string of the molecule is N#CCC(=O)C(c1ccccc1)C(F)(F)F. The van der Waals surface area contributed by atoms with Gasteiger partial charge >= 0.3 is 6.18 Å². The Labute approximate surface area is 90.3 Å². The maximum Gasteiger partial charge on any atom is 0.402 e. The Morgan fingerprint density at radius 3 is 2.31 bits per heavy atom. The average Bonchev–Trinajstić information content (AvgIpc) is 2.17. The minimum absolute atomic E-state index is 0.129. The maximum absolute atomic E-state index is 12.6. The number of halogens is 3. The molecule has 1 aromatic rings. The van der Waals surface area contributed by atoms with Crippen LogP contribution in [0.25, 0.3) is 0 Å². The molecule has 1 rings (SSSR count).